The minimum Gasteiger partial charge on any atom is -0.346 e. The highest BCUT2D eigenvalue weighted by Crippen LogP contribution is 2.21. The number of carbonyl (C=O) groups excluding carboxylic acids is 1. The predicted octanol–water partition coefficient (Wildman–Crippen LogP) is 3.25. The van der Waals surface area contributed by atoms with Crippen molar-refractivity contribution >= 4 is 16.9 Å². The number of rotatable bonds is 4. The zero-order valence-electron chi connectivity index (χ0n) is 13.6. The van der Waals surface area contributed by atoms with Crippen LogP contribution in [0.1, 0.15) is 41.8 Å². The molecule has 0 bridgehead atoms. The number of nitrogens with one attached hydrogen (secondary N) is 1. The van der Waals surface area contributed by atoms with Crippen LogP contribution in [0.15, 0.2) is 42.6 Å². The van der Waals surface area contributed by atoms with Gasteiger partial charge in [0.2, 0.25) is 0 Å². The van der Waals surface area contributed by atoms with E-state index in [0.29, 0.717) is 18.2 Å². The first-order valence-electron chi connectivity index (χ1n) is 7.73. The second-order valence-electron chi connectivity index (χ2n) is 5.83. The monoisotopic (exact) mass is 308 g/mol. The molecule has 0 saturated carbocycles. The number of pyridine rings is 1. The minimum absolute atomic E-state index is 0.116. The molecule has 0 spiro atoms. The third-order valence-electron chi connectivity index (χ3n) is 3.80. The lowest BCUT2D eigenvalue weighted by molar-refractivity contribution is 0.0950. The molecule has 1 N–H and O–H groups in total. The summed E-state index contributed by atoms with van der Waals surface area (Å²) in [6.07, 6.45) is 1.72. The standard InChI is InChI=1S/C18H20N4O/c1-12(2)22-13(3)21-16-10-14(7-8-17(16)22)18(23)20-11-15-6-4-5-9-19-15/h4-10,12H,11H2,1-3H3,(H,20,23). The van der Waals surface area contributed by atoms with Crippen LogP contribution in [0, 0.1) is 6.92 Å². The number of amides is 1. The first-order valence-corrected chi connectivity index (χ1v) is 7.73. The third kappa shape index (κ3) is 3.08. The molecule has 0 unspecified atom stereocenters. The van der Waals surface area contributed by atoms with Gasteiger partial charge in [-0.05, 0) is 51.1 Å². The second-order valence-corrected chi connectivity index (χ2v) is 5.83. The smallest absolute Gasteiger partial charge is 0.251 e. The molecule has 2 aromatic heterocycles. The van der Waals surface area contributed by atoms with Crippen LogP contribution in [0.5, 0.6) is 0 Å². The van der Waals surface area contributed by atoms with E-state index in [0.717, 1.165) is 22.6 Å². The molecule has 5 heteroatoms. The summed E-state index contributed by atoms with van der Waals surface area (Å²) in [5, 5.41) is 2.89. The highest BCUT2D eigenvalue weighted by molar-refractivity contribution is 5.97. The average Bonchev–Trinajstić information content (AvgIpc) is 2.88. The van der Waals surface area contributed by atoms with Gasteiger partial charge in [-0.25, -0.2) is 4.98 Å². The van der Waals surface area contributed by atoms with Crippen LogP contribution >= 0.6 is 0 Å². The molecule has 5 nitrogen and oxygen atoms in total. The van der Waals surface area contributed by atoms with E-state index in [1.165, 1.54) is 0 Å². The first-order chi connectivity index (χ1) is 11.1. The predicted molar refractivity (Wildman–Crippen MR) is 90.3 cm³/mol. The topological polar surface area (TPSA) is 59.8 Å². The lowest BCUT2D eigenvalue weighted by Crippen LogP contribution is -2.23. The maximum Gasteiger partial charge on any atom is 0.251 e. The van der Waals surface area contributed by atoms with Crippen molar-refractivity contribution in [3.05, 3.63) is 59.7 Å². The molecule has 0 atom stereocenters. The molecule has 1 amide bonds. The average molecular weight is 308 g/mol. The summed E-state index contributed by atoms with van der Waals surface area (Å²) in [5.41, 5.74) is 3.35. The molecule has 3 aromatic rings. The zero-order valence-corrected chi connectivity index (χ0v) is 13.6. The number of aryl methyl sites for hydroxylation is 1. The summed E-state index contributed by atoms with van der Waals surface area (Å²) >= 11 is 0. The summed E-state index contributed by atoms with van der Waals surface area (Å²) in [5.74, 6) is 0.843. The molecule has 1 aromatic carbocycles. The fraction of sp³-hybridized carbons (Fsp3) is 0.278. The first kappa shape index (κ1) is 15.2. The molecule has 118 valence electrons. The van der Waals surface area contributed by atoms with E-state index in [4.69, 9.17) is 0 Å². The fourth-order valence-electron chi connectivity index (χ4n) is 2.79. The van der Waals surface area contributed by atoms with Crippen molar-refractivity contribution in [3.8, 4) is 0 Å². The van der Waals surface area contributed by atoms with E-state index >= 15 is 0 Å². The number of hydrogen-bond donors (Lipinski definition) is 1. The summed E-state index contributed by atoms with van der Waals surface area (Å²) in [4.78, 5) is 21.1. The lowest BCUT2D eigenvalue weighted by Gasteiger charge is -2.10. The molecule has 0 aliphatic rings. The van der Waals surface area contributed by atoms with Gasteiger partial charge >= 0.3 is 0 Å². The summed E-state index contributed by atoms with van der Waals surface area (Å²) < 4.78 is 2.17. The highest BCUT2D eigenvalue weighted by atomic mass is 16.1. The second kappa shape index (κ2) is 6.20. The van der Waals surface area contributed by atoms with Gasteiger partial charge in [0.1, 0.15) is 5.82 Å². The van der Waals surface area contributed by atoms with Crippen LogP contribution in [0.2, 0.25) is 0 Å². The summed E-state index contributed by atoms with van der Waals surface area (Å²) in [6.45, 7) is 6.65. The zero-order chi connectivity index (χ0) is 16.4. The van der Waals surface area contributed by atoms with Gasteiger partial charge in [0.15, 0.2) is 0 Å². The Kier molecular flexibility index (Phi) is 4.10. The maximum atomic E-state index is 12.3. The normalized spacial score (nSPS) is 11.1. The van der Waals surface area contributed by atoms with Gasteiger partial charge in [0, 0.05) is 17.8 Å². The van der Waals surface area contributed by atoms with Gasteiger partial charge in [0.25, 0.3) is 5.91 Å². The van der Waals surface area contributed by atoms with Crippen LogP contribution in [-0.2, 0) is 6.54 Å². The Morgan fingerprint density at radius 3 is 2.78 bits per heavy atom. The van der Waals surface area contributed by atoms with Crippen molar-refractivity contribution in [2.45, 2.75) is 33.4 Å². The summed E-state index contributed by atoms with van der Waals surface area (Å²) in [7, 11) is 0. The quantitative estimate of drug-likeness (QED) is 0.805. The van der Waals surface area contributed by atoms with Gasteiger partial charge in [-0.15, -0.1) is 0 Å². The molecule has 23 heavy (non-hydrogen) atoms. The molecule has 0 aliphatic heterocycles. The Morgan fingerprint density at radius 1 is 1.26 bits per heavy atom. The molecule has 0 fully saturated rings. The van der Waals surface area contributed by atoms with E-state index in [1.54, 1.807) is 6.20 Å². The molecule has 2 heterocycles. The van der Waals surface area contributed by atoms with E-state index in [1.807, 2.05) is 43.3 Å². The van der Waals surface area contributed by atoms with E-state index < -0.39 is 0 Å². The highest BCUT2D eigenvalue weighted by Gasteiger charge is 2.13. The fourth-order valence-corrected chi connectivity index (χ4v) is 2.79. The molecular formula is C18H20N4O. The van der Waals surface area contributed by atoms with E-state index in [-0.39, 0.29) is 5.91 Å². The van der Waals surface area contributed by atoms with Crippen molar-refractivity contribution in [1.29, 1.82) is 0 Å². The minimum atomic E-state index is -0.116. The van der Waals surface area contributed by atoms with Crippen molar-refractivity contribution in [3.63, 3.8) is 0 Å². The number of nitrogens with zero attached hydrogens (tertiary/aromatic N) is 3. The molecular weight excluding hydrogens is 288 g/mol. The van der Waals surface area contributed by atoms with Crippen molar-refractivity contribution < 1.29 is 4.79 Å². The molecule has 0 aliphatic carbocycles. The maximum absolute atomic E-state index is 12.3. The van der Waals surface area contributed by atoms with Crippen molar-refractivity contribution in [2.75, 3.05) is 0 Å². The Labute approximate surface area is 135 Å². The van der Waals surface area contributed by atoms with Crippen molar-refractivity contribution in [2.24, 2.45) is 0 Å². The van der Waals surface area contributed by atoms with Crippen LogP contribution < -0.4 is 5.32 Å². The Bertz CT molecular complexity index is 837. The van der Waals surface area contributed by atoms with Crippen LogP contribution in [0.25, 0.3) is 11.0 Å². The number of hydrogen-bond acceptors (Lipinski definition) is 3. The third-order valence-corrected chi connectivity index (χ3v) is 3.80. The molecule has 0 radical (unpaired) electrons. The van der Waals surface area contributed by atoms with Gasteiger partial charge in [-0.1, -0.05) is 6.07 Å². The van der Waals surface area contributed by atoms with Gasteiger partial charge < -0.3 is 9.88 Å². The van der Waals surface area contributed by atoms with E-state index in [2.05, 4.69) is 33.7 Å². The SMILES string of the molecule is Cc1nc2cc(C(=O)NCc3ccccn3)ccc2n1C(C)C. The van der Waals surface area contributed by atoms with E-state index in [9.17, 15) is 4.79 Å². The van der Waals surface area contributed by atoms with Gasteiger partial charge in [-0.2, -0.15) is 0 Å². The van der Waals surface area contributed by atoms with Gasteiger partial charge in [0.05, 0.1) is 23.3 Å². The van der Waals surface area contributed by atoms with Crippen LogP contribution in [-0.4, -0.2) is 20.4 Å². The van der Waals surface area contributed by atoms with Crippen LogP contribution in [0.4, 0.5) is 0 Å². The number of benzene rings is 1. The Morgan fingerprint density at radius 2 is 2.09 bits per heavy atom. The molecule has 3 rings (SSSR count). The number of fused-ring (bicyclic) bond motifs is 1. The number of aromatic nitrogens is 3. The summed E-state index contributed by atoms with van der Waals surface area (Å²) in [6, 6.07) is 11.6. The van der Waals surface area contributed by atoms with Gasteiger partial charge in [-0.3, -0.25) is 9.78 Å². The Hall–Kier alpha value is -2.69. The molecule has 0 saturated heterocycles. The number of carbonyl (C=O) groups is 1. The lowest BCUT2D eigenvalue weighted by atomic mass is 10.2. The largest absolute Gasteiger partial charge is 0.346 e. The number of imidazole rings is 1. The van der Waals surface area contributed by atoms with Crippen molar-refractivity contribution in [1.82, 2.24) is 19.9 Å². The Balaban J connectivity index is 1.81. The van der Waals surface area contributed by atoms with Crippen LogP contribution in [0.3, 0.4) is 0 Å².